The van der Waals surface area contributed by atoms with Crippen molar-refractivity contribution >= 4 is 11.5 Å². The van der Waals surface area contributed by atoms with E-state index in [0.717, 1.165) is 46.9 Å². The highest BCUT2D eigenvalue weighted by atomic mass is 16.1. The largest absolute Gasteiger partial charge is 0.350 e. The predicted octanol–water partition coefficient (Wildman–Crippen LogP) is 3.03. The number of aromatic nitrogens is 5. The van der Waals surface area contributed by atoms with Crippen LogP contribution in [0.1, 0.15) is 28.2 Å². The Morgan fingerprint density at radius 2 is 1.77 bits per heavy atom. The summed E-state index contributed by atoms with van der Waals surface area (Å²) in [6.07, 6.45) is 4.64. The van der Waals surface area contributed by atoms with E-state index in [1.807, 2.05) is 45.3 Å². The molecule has 1 aliphatic rings. The lowest BCUT2D eigenvalue weighted by molar-refractivity contribution is 0.685. The summed E-state index contributed by atoms with van der Waals surface area (Å²) in [5.74, 6) is 0.809. The summed E-state index contributed by atoms with van der Waals surface area (Å²) in [7, 11) is 0. The van der Waals surface area contributed by atoms with Gasteiger partial charge in [0, 0.05) is 66.2 Å². The van der Waals surface area contributed by atoms with Gasteiger partial charge in [-0.15, -0.1) is 5.10 Å². The Kier molecular flexibility index (Phi) is 4.31. The molecule has 7 nitrogen and oxygen atoms in total. The summed E-state index contributed by atoms with van der Waals surface area (Å²) >= 11 is 0. The van der Waals surface area contributed by atoms with Gasteiger partial charge in [0.25, 0.3) is 5.56 Å². The zero-order chi connectivity index (χ0) is 20.8. The molecule has 0 radical (unpaired) electrons. The van der Waals surface area contributed by atoms with Crippen LogP contribution in [0, 0.1) is 20.8 Å². The first-order valence-electron chi connectivity index (χ1n) is 10.0. The van der Waals surface area contributed by atoms with Crippen molar-refractivity contribution in [3.63, 3.8) is 0 Å². The lowest BCUT2D eigenvalue weighted by Crippen LogP contribution is -2.33. The van der Waals surface area contributed by atoms with Gasteiger partial charge in [0.1, 0.15) is 0 Å². The minimum Gasteiger partial charge on any atom is -0.350 e. The fourth-order valence-electron chi connectivity index (χ4n) is 3.95. The van der Waals surface area contributed by atoms with Crippen molar-refractivity contribution in [3.05, 3.63) is 81.3 Å². The molecule has 0 bridgehead atoms. The molecule has 5 heterocycles. The average molecular weight is 398 g/mol. The zero-order valence-corrected chi connectivity index (χ0v) is 17.3. The molecular weight excluding hydrogens is 376 g/mol. The van der Waals surface area contributed by atoms with Crippen LogP contribution in [0.15, 0.2) is 47.5 Å². The highest BCUT2D eigenvalue weighted by Crippen LogP contribution is 2.28. The monoisotopic (exact) mass is 398 g/mol. The number of nitrogens with zero attached hydrogens (tertiary/aromatic N) is 6. The fourth-order valence-corrected chi connectivity index (χ4v) is 3.95. The Morgan fingerprint density at radius 3 is 2.57 bits per heavy atom. The summed E-state index contributed by atoms with van der Waals surface area (Å²) in [6, 6.07) is 9.71. The molecule has 1 aliphatic heterocycles. The molecule has 0 fully saturated rings. The van der Waals surface area contributed by atoms with Crippen molar-refractivity contribution in [2.45, 2.75) is 33.7 Å². The van der Waals surface area contributed by atoms with E-state index in [0.29, 0.717) is 17.9 Å². The van der Waals surface area contributed by atoms with Crippen LogP contribution < -0.4 is 10.5 Å². The third-order valence-electron chi connectivity index (χ3n) is 5.53. The van der Waals surface area contributed by atoms with Crippen LogP contribution >= 0.6 is 0 Å². The molecule has 0 aromatic carbocycles. The van der Waals surface area contributed by atoms with E-state index in [-0.39, 0.29) is 5.56 Å². The summed E-state index contributed by atoms with van der Waals surface area (Å²) in [5, 5.41) is 4.64. The Morgan fingerprint density at radius 1 is 0.933 bits per heavy atom. The van der Waals surface area contributed by atoms with Gasteiger partial charge in [-0.05, 0) is 50.1 Å². The van der Waals surface area contributed by atoms with Crippen LogP contribution in [0.5, 0.6) is 0 Å². The maximum atomic E-state index is 12.4. The van der Waals surface area contributed by atoms with Gasteiger partial charge in [-0.25, -0.2) is 4.98 Å². The number of aryl methyl sites for hydroxylation is 3. The zero-order valence-electron chi connectivity index (χ0n) is 17.3. The Hall–Kier alpha value is -3.61. The molecular formula is C23H22N6O. The Bertz CT molecular complexity index is 1330. The van der Waals surface area contributed by atoms with Crippen molar-refractivity contribution in [1.82, 2.24) is 24.6 Å². The van der Waals surface area contributed by atoms with Crippen molar-refractivity contribution < 1.29 is 0 Å². The highest BCUT2D eigenvalue weighted by Gasteiger charge is 2.21. The molecule has 0 aliphatic carbocycles. The summed E-state index contributed by atoms with van der Waals surface area (Å²) in [5.41, 5.74) is 7.52. The van der Waals surface area contributed by atoms with Gasteiger partial charge < -0.3 is 4.90 Å². The molecule has 0 saturated heterocycles. The average Bonchev–Trinajstić information content (AvgIpc) is 2.73. The van der Waals surface area contributed by atoms with E-state index in [4.69, 9.17) is 4.98 Å². The highest BCUT2D eigenvalue weighted by molar-refractivity contribution is 5.63. The number of hydrogen-bond acceptors (Lipinski definition) is 6. The van der Waals surface area contributed by atoms with Gasteiger partial charge in [0.2, 0.25) is 0 Å². The molecule has 7 heteroatoms. The third kappa shape index (κ3) is 3.22. The minimum absolute atomic E-state index is 0.160. The summed E-state index contributed by atoms with van der Waals surface area (Å²) in [4.78, 5) is 28.1. The number of rotatable bonds is 2. The summed E-state index contributed by atoms with van der Waals surface area (Å²) < 4.78 is 1.39. The second-order valence-corrected chi connectivity index (χ2v) is 7.85. The quantitative estimate of drug-likeness (QED) is 0.517. The van der Waals surface area contributed by atoms with Gasteiger partial charge in [-0.2, -0.15) is 4.52 Å². The van der Waals surface area contributed by atoms with Crippen LogP contribution in [-0.4, -0.2) is 31.1 Å². The fraction of sp³-hybridized carbons (Fsp3) is 0.261. The van der Waals surface area contributed by atoms with Gasteiger partial charge in [-0.3, -0.25) is 14.8 Å². The number of pyridine rings is 2. The standard InChI is InChI=1S/C23H22N6O/c1-14-8-21-26-16(3)9-22(30)29(21)27-23(14)28-7-6-20-19(13-28)10-18(12-25-20)17-5-4-15(2)24-11-17/h4-5,8-12H,6-7,13H2,1-3H3. The smallest absolute Gasteiger partial charge is 0.274 e. The van der Waals surface area contributed by atoms with Crippen LogP contribution in [0.4, 0.5) is 5.82 Å². The topological polar surface area (TPSA) is 76.3 Å². The maximum Gasteiger partial charge on any atom is 0.274 e. The molecule has 0 N–H and O–H groups in total. The van der Waals surface area contributed by atoms with Crippen LogP contribution in [0.25, 0.3) is 16.8 Å². The molecule has 0 saturated carbocycles. The van der Waals surface area contributed by atoms with Crippen molar-refractivity contribution in [2.75, 3.05) is 11.4 Å². The third-order valence-corrected chi connectivity index (χ3v) is 5.53. The van der Waals surface area contributed by atoms with Crippen LogP contribution in [0.2, 0.25) is 0 Å². The van der Waals surface area contributed by atoms with Gasteiger partial charge >= 0.3 is 0 Å². The molecule has 4 aromatic rings. The number of anilines is 1. The number of fused-ring (bicyclic) bond motifs is 2. The predicted molar refractivity (Wildman–Crippen MR) is 116 cm³/mol. The van der Waals surface area contributed by atoms with E-state index < -0.39 is 0 Å². The second-order valence-electron chi connectivity index (χ2n) is 7.85. The Balaban J connectivity index is 1.52. The molecule has 150 valence electrons. The van der Waals surface area contributed by atoms with Crippen molar-refractivity contribution in [2.24, 2.45) is 0 Å². The number of hydrogen-bond donors (Lipinski definition) is 0. The molecule has 30 heavy (non-hydrogen) atoms. The van der Waals surface area contributed by atoms with Gasteiger partial charge in [0.05, 0.1) is 0 Å². The molecule has 0 atom stereocenters. The lowest BCUT2D eigenvalue weighted by Gasteiger charge is -2.30. The summed E-state index contributed by atoms with van der Waals surface area (Å²) in [6.45, 7) is 7.31. The van der Waals surface area contributed by atoms with Crippen LogP contribution in [-0.2, 0) is 13.0 Å². The molecule has 0 unspecified atom stereocenters. The molecule has 0 amide bonds. The molecule has 4 aromatic heterocycles. The van der Waals surface area contributed by atoms with E-state index >= 15 is 0 Å². The van der Waals surface area contributed by atoms with Crippen molar-refractivity contribution in [1.29, 1.82) is 0 Å². The molecule has 0 spiro atoms. The van der Waals surface area contributed by atoms with Gasteiger partial charge in [-0.1, -0.05) is 6.07 Å². The SMILES string of the molecule is Cc1ccc(-c2cnc3c(c2)CN(c2nn4c(=O)cc(C)nc4cc2C)CC3)cn1. The Labute approximate surface area is 174 Å². The van der Waals surface area contributed by atoms with E-state index in [9.17, 15) is 4.79 Å². The van der Waals surface area contributed by atoms with Crippen molar-refractivity contribution in [3.8, 4) is 11.1 Å². The van der Waals surface area contributed by atoms with Crippen LogP contribution in [0.3, 0.4) is 0 Å². The second kappa shape index (κ2) is 7.02. The van der Waals surface area contributed by atoms with E-state index in [1.165, 1.54) is 16.1 Å². The first-order chi connectivity index (χ1) is 14.5. The first-order valence-corrected chi connectivity index (χ1v) is 10.0. The normalized spacial score (nSPS) is 13.5. The first kappa shape index (κ1) is 18.4. The molecule has 5 rings (SSSR count). The van der Waals surface area contributed by atoms with E-state index in [2.05, 4.69) is 32.1 Å². The van der Waals surface area contributed by atoms with E-state index in [1.54, 1.807) is 0 Å². The lowest BCUT2D eigenvalue weighted by atomic mass is 10.0. The maximum absolute atomic E-state index is 12.4. The minimum atomic E-state index is -0.160. The van der Waals surface area contributed by atoms with Gasteiger partial charge in [0.15, 0.2) is 11.5 Å².